The molecule has 0 saturated heterocycles. The van der Waals surface area contributed by atoms with E-state index in [1.165, 1.54) is 56.9 Å². The average molecular weight is 300 g/mol. The Labute approximate surface area is 136 Å². The number of hydrogen-bond donors (Lipinski definition) is 1. The van der Waals surface area contributed by atoms with Gasteiger partial charge in [0, 0.05) is 0 Å². The molecule has 1 aromatic carbocycles. The van der Waals surface area contributed by atoms with E-state index in [4.69, 9.17) is 0 Å². The minimum absolute atomic E-state index is 0.354. The van der Waals surface area contributed by atoms with E-state index in [-0.39, 0.29) is 0 Å². The maximum atomic E-state index is 9.39. The first-order valence-electron chi connectivity index (χ1n) is 8.91. The molecule has 0 aromatic heterocycles. The molecule has 0 aliphatic heterocycles. The molecule has 1 aromatic rings. The molecule has 22 heavy (non-hydrogen) atoms. The third kappa shape index (κ3) is 10.3. The van der Waals surface area contributed by atoms with Crippen molar-refractivity contribution in [2.45, 2.75) is 71.1 Å². The number of hydrogen-bond acceptors (Lipinski definition) is 1. The topological polar surface area (TPSA) is 20.2 Å². The summed E-state index contributed by atoms with van der Waals surface area (Å²) in [5, 5.41) is 9.39. The van der Waals surface area contributed by atoms with Crippen LogP contribution in [-0.2, 0) is 6.42 Å². The Balaban J connectivity index is 1.94. The first-order valence-corrected chi connectivity index (χ1v) is 8.91. The Kier molecular flexibility index (Phi) is 11.1. The lowest BCUT2D eigenvalue weighted by Crippen LogP contribution is -1.80. The van der Waals surface area contributed by atoms with Crippen molar-refractivity contribution in [1.82, 2.24) is 0 Å². The van der Waals surface area contributed by atoms with Crippen LogP contribution in [0.1, 0.15) is 70.3 Å². The van der Waals surface area contributed by atoms with Gasteiger partial charge in [-0.2, -0.15) is 0 Å². The predicted molar refractivity (Wildman–Crippen MR) is 97.3 cm³/mol. The molecule has 0 spiro atoms. The number of allylic oxidation sites excluding steroid dienone is 4. The third-order valence-corrected chi connectivity index (χ3v) is 3.81. The van der Waals surface area contributed by atoms with Crippen molar-refractivity contribution >= 4 is 0 Å². The van der Waals surface area contributed by atoms with Crippen LogP contribution in [0.2, 0.25) is 0 Å². The third-order valence-electron chi connectivity index (χ3n) is 3.81. The Hall–Kier alpha value is -1.50. The van der Waals surface area contributed by atoms with Crippen LogP contribution in [0.25, 0.3) is 0 Å². The minimum atomic E-state index is 0.354. The van der Waals surface area contributed by atoms with Gasteiger partial charge >= 0.3 is 0 Å². The molecule has 1 N–H and O–H groups in total. The second-order valence-corrected chi connectivity index (χ2v) is 5.95. The summed E-state index contributed by atoms with van der Waals surface area (Å²) in [5.74, 6) is 0.354. The molecule has 0 bridgehead atoms. The Bertz CT molecular complexity index is 431. The van der Waals surface area contributed by atoms with Crippen LogP contribution in [-0.4, -0.2) is 5.11 Å². The van der Waals surface area contributed by atoms with Crippen molar-refractivity contribution in [3.63, 3.8) is 0 Å². The van der Waals surface area contributed by atoms with Gasteiger partial charge in [0.15, 0.2) is 0 Å². The largest absolute Gasteiger partial charge is 0.508 e. The SMILES string of the molecule is CCCCCC/C=C/CCCC/C=C/Cc1cccc(O)c1. The molecular weight excluding hydrogens is 268 g/mol. The van der Waals surface area contributed by atoms with Crippen LogP contribution in [0.15, 0.2) is 48.6 Å². The van der Waals surface area contributed by atoms with Gasteiger partial charge in [-0.25, -0.2) is 0 Å². The standard InChI is InChI=1S/C21H32O/c1-2-3-4-5-6-7-8-9-10-11-12-13-14-16-20-17-15-18-21(22)19-20/h7-8,13-15,17-19,22H,2-6,9-12,16H2,1H3/b8-7+,14-13+. The van der Waals surface area contributed by atoms with Crippen LogP contribution < -0.4 is 0 Å². The molecule has 0 atom stereocenters. The van der Waals surface area contributed by atoms with Gasteiger partial charge in [0.2, 0.25) is 0 Å². The first kappa shape index (κ1) is 18.5. The van der Waals surface area contributed by atoms with Crippen LogP contribution in [0.4, 0.5) is 0 Å². The maximum Gasteiger partial charge on any atom is 0.115 e. The summed E-state index contributed by atoms with van der Waals surface area (Å²) >= 11 is 0. The van der Waals surface area contributed by atoms with Crippen molar-refractivity contribution in [3.05, 3.63) is 54.1 Å². The van der Waals surface area contributed by atoms with Crippen molar-refractivity contribution in [2.75, 3.05) is 0 Å². The van der Waals surface area contributed by atoms with Gasteiger partial charge in [-0.05, 0) is 62.6 Å². The van der Waals surface area contributed by atoms with E-state index >= 15 is 0 Å². The molecule has 0 amide bonds. The number of unbranched alkanes of at least 4 members (excludes halogenated alkanes) is 7. The summed E-state index contributed by atoms with van der Waals surface area (Å²) in [7, 11) is 0. The van der Waals surface area contributed by atoms with Crippen LogP contribution in [0.5, 0.6) is 5.75 Å². The second-order valence-electron chi connectivity index (χ2n) is 5.95. The summed E-state index contributed by atoms with van der Waals surface area (Å²) in [4.78, 5) is 0. The first-order chi connectivity index (χ1) is 10.8. The van der Waals surface area contributed by atoms with E-state index in [0.29, 0.717) is 5.75 Å². The van der Waals surface area contributed by atoms with Crippen molar-refractivity contribution in [1.29, 1.82) is 0 Å². The smallest absolute Gasteiger partial charge is 0.115 e. The van der Waals surface area contributed by atoms with E-state index in [1.807, 2.05) is 12.1 Å². The van der Waals surface area contributed by atoms with E-state index in [2.05, 4.69) is 37.3 Å². The number of benzene rings is 1. The van der Waals surface area contributed by atoms with Crippen LogP contribution >= 0.6 is 0 Å². The Morgan fingerprint density at radius 3 is 2.09 bits per heavy atom. The molecule has 1 nitrogen and oxygen atoms in total. The maximum absolute atomic E-state index is 9.39. The fraction of sp³-hybridized carbons (Fsp3) is 0.524. The summed E-state index contributed by atoms with van der Waals surface area (Å²) in [6.45, 7) is 2.26. The fourth-order valence-electron chi connectivity index (χ4n) is 2.47. The second kappa shape index (κ2) is 13.2. The predicted octanol–water partition coefficient (Wildman–Crippen LogP) is 6.58. The zero-order valence-electron chi connectivity index (χ0n) is 14.1. The highest BCUT2D eigenvalue weighted by molar-refractivity contribution is 5.28. The lowest BCUT2D eigenvalue weighted by atomic mass is 10.1. The average Bonchev–Trinajstić information content (AvgIpc) is 2.52. The highest BCUT2D eigenvalue weighted by atomic mass is 16.3. The summed E-state index contributed by atoms with van der Waals surface area (Å²) in [6, 6.07) is 7.49. The lowest BCUT2D eigenvalue weighted by molar-refractivity contribution is 0.474. The monoisotopic (exact) mass is 300 g/mol. The minimum Gasteiger partial charge on any atom is -0.508 e. The summed E-state index contributed by atoms with van der Waals surface area (Å²) in [5.41, 5.74) is 1.17. The molecule has 0 unspecified atom stereocenters. The molecule has 0 saturated carbocycles. The fourth-order valence-corrected chi connectivity index (χ4v) is 2.47. The van der Waals surface area contributed by atoms with Gasteiger partial charge in [0.25, 0.3) is 0 Å². The van der Waals surface area contributed by atoms with Gasteiger partial charge < -0.3 is 5.11 Å². The quantitative estimate of drug-likeness (QED) is 0.341. The number of rotatable bonds is 12. The van der Waals surface area contributed by atoms with Gasteiger partial charge in [-0.1, -0.05) is 62.6 Å². The molecule has 0 heterocycles. The van der Waals surface area contributed by atoms with Crippen LogP contribution in [0, 0.1) is 0 Å². The Morgan fingerprint density at radius 2 is 1.45 bits per heavy atom. The Morgan fingerprint density at radius 1 is 0.818 bits per heavy atom. The van der Waals surface area contributed by atoms with E-state index in [9.17, 15) is 5.11 Å². The number of aromatic hydroxyl groups is 1. The highest BCUT2D eigenvalue weighted by Crippen LogP contribution is 2.12. The van der Waals surface area contributed by atoms with Crippen molar-refractivity contribution in [2.24, 2.45) is 0 Å². The van der Waals surface area contributed by atoms with Gasteiger partial charge in [0.1, 0.15) is 5.75 Å². The van der Waals surface area contributed by atoms with Crippen molar-refractivity contribution in [3.8, 4) is 5.75 Å². The van der Waals surface area contributed by atoms with E-state index in [0.717, 1.165) is 12.8 Å². The lowest BCUT2D eigenvalue weighted by Gasteiger charge is -1.97. The van der Waals surface area contributed by atoms with Gasteiger partial charge in [-0.15, -0.1) is 0 Å². The zero-order valence-corrected chi connectivity index (χ0v) is 14.1. The van der Waals surface area contributed by atoms with Gasteiger partial charge in [0.05, 0.1) is 0 Å². The zero-order chi connectivity index (χ0) is 15.9. The van der Waals surface area contributed by atoms with E-state index in [1.54, 1.807) is 6.07 Å². The number of phenolic OH excluding ortho intramolecular Hbond substituents is 1. The summed E-state index contributed by atoms with van der Waals surface area (Å²) < 4.78 is 0. The normalized spacial score (nSPS) is 11.7. The molecular formula is C21H32O. The molecule has 1 rings (SSSR count). The van der Waals surface area contributed by atoms with E-state index < -0.39 is 0 Å². The molecule has 122 valence electrons. The molecule has 1 heteroatoms. The number of phenols is 1. The van der Waals surface area contributed by atoms with Crippen molar-refractivity contribution < 1.29 is 5.11 Å². The molecule has 0 aliphatic rings. The molecule has 0 fully saturated rings. The van der Waals surface area contributed by atoms with Crippen LogP contribution in [0.3, 0.4) is 0 Å². The molecule has 0 radical (unpaired) electrons. The van der Waals surface area contributed by atoms with Gasteiger partial charge in [-0.3, -0.25) is 0 Å². The summed E-state index contributed by atoms with van der Waals surface area (Å²) in [6.07, 6.45) is 21.7. The highest BCUT2D eigenvalue weighted by Gasteiger charge is 1.91. The molecule has 0 aliphatic carbocycles.